The highest BCUT2D eigenvalue weighted by Crippen LogP contribution is 2.16. The van der Waals surface area contributed by atoms with Crippen LogP contribution in [0.3, 0.4) is 0 Å². The molecule has 3 rings (SSSR count). The van der Waals surface area contributed by atoms with Gasteiger partial charge in [-0.2, -0.15) is 0 Å². The Bertz CT molecular complexity index is 748. The fourth-order valence-electron chi connectivity index (χ4n) is 2.07. The zero-order valence-corrected chi connectivity index (χ0v) is 11.1. The number of aromatic nitrogens is 1. The predicted molar refractivity (Wildman–Crippen MR) is 76.4 cm³/mol. The van der Waals surface area contributed by atoms with Crippen molar-refractivity contribution >= 4 is 17.0 Å². The van der Waals surface area contributed by atoms with E-state index in [9.17, 15) is 4.79 Å². The van der Waals surface area contributed by atoms with E-state index in [1.54, 1.807) is 12.1 Å². The maximum absolute atomic E-state index is 11.9. The number of oxazole rings is 1. The monoisotopic (exact) mass is 266 g/mol. The Balaban J connectivity index is 1.72. The number of rotatable bonds is 3. The highest BCUT2D eigenvalue weighted by molar-refractivity contribution is 5.94. The second kappa shape index (κ2) is 5.17. The number of benzene rings is 2. The van der Waals surface area contributed by atoms with Crippen LogP contribution in [0.25, 0.3) is 11.1 Å². The van der Waals surface area contributed by atoms with Crippen molar-refractivity contribution in [3.63, 3.8) is 0 Å². The molecule has 20 heavy (non-hydrogen) atoms. The summed E-state index contributed by atoms with van der Waals surface area (Å²) in [5.74, 6) is 0.560. The molecule has 1 N–H and O–H groups in total. The van der Waals surface area contributed by atoms with Crippen LogP contribution in [0.5, 0.6) is 0 Å². The molecule has 1 aromatic heterocycles. The second-order valence-corrected chi connectivity index (χ2v) is 4.58. The number of hydrogen-bond acceptors (Lipinski definition) is 3. The van der Waals surface area contributed by atoms with Gasteiger partial charge in [0.15, 0.2) is 11.5 Å². The lowest BCUT2D eigenvalue weighted by Gasteiger charge is -2.05. The van der Waals surface area contributed by atoms with Crippen LogP contribution in [0.2, 0.25) is 0 Å². The van der Waals surface area contributed by atoms with Crippen LogP contribution in [0.4, 0.5) is 0 Å². The molecule has 4 heteroatoms. The highest BCUT2D eigenvalue weighted by atomic mass is 16.3. The van der Waals surface area contributed by atoms with E-state index in [0.29, 0.717) is 18.0 Å². The van der Waals surface area contributed by atoms with Crippen LogP contribution >= 0.6 is 0 Å². The molecule has 100 valence electrons. The number of carbonyl (C=O) groups is 1. The summed E-state index contributed by atoms with van der Waals surface area (Å²) >= 11 is 0. The molecule has 4 nitrogen and oxygen atoms in total. The van der Waals surface area contributed by atoms with Gasteiger partial charge in [-0.15, -0.1) is 0 Å². The first-order valence-corrected chi connectivity index (χ1v) is 6.42. The number of fused-ring (bicyclic) bond motifs is 1. The second-order valence-electron chi connectivity index (χ2n) is 4.58. The molecule has 2 aromatic carbocycles. The van der Waals surface area contributed by atoms with Crippen molar-refractivity contribution in [1.82, 2.24) is 10.3 Å². The van der Waals surface area contributed by atoms with Crippen molar-refractivity contribution in [2.45, 2.75) is 13.5 Å². The Hall–Kier alpha value is -2.62. The number of carbonyl (C=O) groups excluding carboxylic acids is 1. The van der Waals surface area contributed by atoms with Crippen LogP contribution in [0.1, 0.15) is 21.8 Å². The zero-order chi connectivity index (χ0) is 13.9. The lowest BCUT2D eigenvalue weighted by molar-refractivity contribution is 0.0951. The molecule has 1 heterocycles. The molecule has 0 aliphatic rings. The Morgan fingerprint density at radius 3 is 2.80 bits per heavy atom. The average molecular weight is 266 g/mol. The SMILES string of the molecule is Cc1nc2ccc(CNC(=O)c3ccccc3)cc2o1. The average Bonchev–Trinajstić information content (AvgIpc) is 2.85. The van der Waals surface area contributed by atoms with Crippen molar-refractivity contribution in [3.8, 4) is 0 Å². The predicted octanol–water partition coefficient (Wildman–Crippen LogP) is 3.07. The fraction of sp³-hybridized carbons (Fsp3) is 0.125. The van der Waals surface area contributed by atoms with Gasteiger partial charge in [0.2, 0.25) is 0 Å². The standard InChI is InChI=1S/C16H14N2O2/c1-11-18-14-8-7-12(9-15(14)20-11)10-17-16(19)13-5-3-2-4-6-13/h2-9H,10H2,1H3,(H,17,19). The molecular weight excluding hydrogens is 252 g/mol. The molecular formula is C16H14N2O2. The molecule has 3 aromatic rings. The van der Waals surface area contributed by atoms with Crippen molar-refractivity contribution in [2.24, 2.45) is 0 Å². The van der Waals surface area contributed by atoms with Gasteiger partial charge in [-0.3, -0.25) is 4.79 Å². The van der Waals surface area contributed by atoms with Crippen LogP contribution in [0.15, 0.2) is 52.9 Å². The lowest BCUT2D eigenvalue weighted by atomic mass is 10.2. The third-order valence-electron chi connectivity index (χ3n) is 3.05. The fourth-order valence-corrected chi connectivity index (χ4v) is 2.07. The summed E-state index contributed by atoms with van der Waals surface area (Å²) in [5.41, 5.74) is 3.22. The number of nitrogens with one attached hydrogen (secondary N) is 1. The lowest BCUT2D eigenvalue weighted by Crippen LogP contribution is -2.22. The molecule has 0 atom stereocenters. The van der Waals surface area contributed by atoms with Crippen LogP contribution < -0.4 is 5.32 Å². The topological polar surface area (TPSA) is 55.1 Å². The third-order valence-corrected chi connectivity index (χ3v) is 3.05. The van der Waals surface area contributed by atoms with Gasteiger partial charge in [-0.25, -0.2) is 4.98 Å². The summed E-state index contributed by atoms with van der Waals surface area (Å²) < 4.78 is 5.48. The molecule has 0 fully saturated rings. The van der Waals surface area contributed by atoms with Gasteiger partial charge in [0.1, 0.15) is 5.52 Å². The Morgan fingerprint density at radius 2 is 2.00 bits per heavy atom. The maximum atomic E-state index is 11.9. The van der Waals surface area contributed by atoms with E-state index in [1.165, 1.54) is 0 Å². The van der Waals surface area contributed by atoms with E-state index in [1.807, 2.05) is 43.3 Å². The van der Waals surface area contributed by atoms with E-state index in [0.717, 1.165) is 16.7 Å². The summed E-state index contributed by atoms with van der Waals surface area (Å²) in [6.45, 7) is 2.28. The van der Waals surface area contributed by atoms with E-state index in [2.05, 4.69) is 10.3 Å². The van der Waals surface area contributed by atoms with Gasteiger partial charge in [0, 0.05) is 19.0 Å². The molecule has 0 spiro atoms. The summed E-state index contributed by atoms with van der Waals surface area (Å²) in [6.07, 6.45) is 0. The zero-order valence-electron chi connectivity index (χ0n) is 11.1. The maximum Gasteiger partial charge on any atom is 0.251 e. The first-order valence-electron chi connectivity index (χ1n) is 6.42. The van der Waals surface area contributed by atoms with Gasteiger partial charge in [0.25, 0.3) is 5.91 Å². The van der Waals surface area contributed by atoms with Gasteiger partial charge >= 0.3 is 0 Å². The van der Waals surface area contributed by atoms with Gasteiger partial charge < -0.3 is 9.73 Å². The minimum absolute atomic E-state index is 0.0838. The minimum Gasteiger partial charge on any atom is -0.441 e. The van der Waals surface area contributed by atoms with E-state index in [4.69, 9.17) is 4.42 Å². The number of hydrogen-bond donors (Lipinski definition) is 1. The number of nitrogens with zero attached hydrogens (tertiary/aromatic N) is 1. The van der Waals surface area contributed by atoms with Gasteiger partial charge in [0.05, 0.1) is 0 Å². The van der Waals surface area contributed by atoms with Crippen LogP contribution in [-0.2, 0) is 6.54 Å². The summed E-state index contributed by atoms with van der Waals surface area (Å²) in [4.78, 5) is 16.2. The summed E-state index contributed by atoms with van der Waals surface area (Å²) in [5, 5.41) is 2.89. The minimum atomic E-state index is -0.0838. The van der Waals surface area contributed by atoms with Crippen molar-refractivity contribution in [3.05, 3.63) is 65.5 Å². The number of amides is 1. The van der Waals surface area contributed by atoms with Crippen LogP contribution in [-0.4, -0.2) is 10.9 Å². The molecule has 0 unspecified atom stereocenters. The van der Waals surface area contributed by atoms with Gasteiger partial charge in [-0.05, 0) is 29.8 Å². The summed E-state index contributed by atoms with van der Waals surface area (Å²) in [6, 6.07) is 14.9. The molecule has 0 saturated carbocycles. The molecule has 0 aliphatic heterocycles. The van der Waals surface area contributed by atoms with Gasteiger partial charge in [-0.1, -0.05) is 24.3 Å². The van der Waals surface area contributed by atoms with E-state index >= 15 is 0 Å². The molecule has 0 aliphatic carbocycles. The number of aryl methyl sites for hydroxylation is 1. The van der Waals surface area contributed by atoms with E-state index < -0.39 is 0 Å². The van der Waals surface area contributed by atoms with Crippen molar-refractivity contribution in [1.29, 1.82) is 0 Å². The third kappa shape index (κ3) is 2.54. The van der Waals surface area contributed by atoms with E-state index in [-0.39, 0.29) is 5.91 Å². The summed E-state index contributed by atoms with van der Waals surface area (Å²) in [7, 11) is 0. The molecule has 0 bridgehead atoms. The Labute approximate surface area is 116 Å². The first-order chi connectivity index (χ1) is 9.72. The normalized spacial score (nSPS) is 10.7. The highest BCUT2D eigenvalue weighted by Gasteiger charge is 2.06. The van der Waals surface area contributed by atoms with Crippen LogP contribution in [0, 0.1) is 6.92 Å². The largest absolute Gasteiger partial charge is 0.441 e. The smallest absolute Gasteiger partial charge is 0.251 e. The molecule has 1 amide bonds. The Morgan fingerprint density at radius 1 is 1.20 bits per heavy atom. The Kier molecular flexibility index (Phi) is 3.21. The van der Waals surface area contributed by atoms with Crippen molar-refractivity contribution < 1.29 is 9.21 Å². The quantitative estimate of drug-likeness (QED) is 0.792. The first kappa shape index (κ1) is 12.4. The van der Waals surface area contributed by atoms with Crippen molar-refractivity contribution in [2.75, 3.05) is 0 Å². The molecule has 0 saturated heterocycles. The molecule has 0 radical (unpaired) electrons.